The topological polar surface area (TPSA) is 35.1 Å². The van der Waals surface area contributed by atoms with Gasteiger partial charge in [-0.25, -0.2) is 4.79 Å². The molecule has 0 unspecified atom stereocenters. The lowest BCUT2D eigenvalue weighted by molar-refractivity contribution is 0.570. The van der Waals surface area contributed by atoms with Crippen molar-refractivity contribution < 1.29 is 4.42 Å². The number of hydrogen-bond acceptors (Lipinski definition) is 2. The summed E-state index contributed by atoms with van der Waals surface area (Å²) in [7, 11) is 0. The molecule has 3 nitrogen and oxygen atoms in total. The summed E-state index contributed by atoms with van der Waals surface area (Å²) in [5.41, 5.74) is 3.29. The third-order valence-corrected chi connectivity index (χ3v) is 5.44. The summed E-state index contributed by atoms with van der Waals surface area (Å²) < 4.78 is 7.87. The van der Waals surface area contributed by atoms with E-state index in [9.17, 15) is 4.79 Å². The minimum Gasteiger partial charge on any atom is -0.422 e. The van der Waals surface area contributed by atoms with Crippen molar-refractivity contribution in [2.24, 2.45) is 0 Å². The van der Waals surface area contributed by atoms with Gasteiger partial charge >= 0.3 is 5.63 Å². The van der Waals surface area contributed by atoms with E-state index in [0.29, 0.717) is 11.0 Å². The average molecular weight is 361 g/mol. The van der Waals surface area contributed by atoms with Crippen LogP contribution in [-0.4, -0.2) is 4.57 Å². The Morgan fingerprint density at radius 3 is 2.14 bits per heavy atom. The van der Waals surface area contributed by atoms with E-state index in [1.54, 1.807) is 0 Å². The second kappa shape index (κ2) is 5.57. The first-order valence-electron chi connectivity index (χ1n) is 9.26. The summed E-state index contributed by atoms with van der Waals surface area (Å²) in [5, 5.41) is 4.66. The van der Waals surface area contributed by atoms with Crippen molar-refractivity contribution in [2.75, 3.05) is 0 Å². The van der Waals surface area contributed by atoms with Crippen molar-refractivity contribution in [3.05, 3.63) is 101 Å². The first kappa shape index (κ1) is 15.2. The van der Waals surface area contributed by atoms with Crippen LogP contribution < -0.4 is 5.63 Å². The van der Waals surface area contributed by atoms with E-state index in [0.717, 1.165) is 38.3 Å². The molecule has 6 aromatic rings. The number of fused-ring (bicyclic) bond motifs is 7. The maximum absolute atomic E-state index is 13.1. The lowest BCUT2D eigenvalue weighted by atomic mass is 10.0. The highest BCUT2D eigenvalue weighted by Gasteiger charge is 2.18. The SMILES string of the molecule is O=c1oc2ccccc2c2ccc3c4ccccc4n(-c4ccccc4)c3c12. The van der Waals surface area contributed by atoms with Gasteiger partial charge in [-0.3, -0.25) is 0 Å². The van der Waals surface area contributed by atoms with Gasteiger partial charge in [0.2, 0.25) is 0 Å². The smallest absolute Gasteiger partial charge is 0.346 e. The predicted octanol–water partition coefficient (Wildman–Crippen LogP) is 6.04. The van der Waals surface area contributed by atoms with Crippen LogP contribution >= 0.6 is 0 Å². The minimum absolute atomic E-state index is 0.306. The molecule has 0 radical (unpaired) electrons. The van der Waals surface area contributed by atoms with Crippen LogP contribution in [0.1, 0.15) is 0 Å². The summed E-state index contributed by atoms with van der Waals surface area (Å²) in [4.78, 5) is 13.1. The van der Waals surface area contributed by atoms with E-state index < -0.39 is 0 Å². The van der Waals surface area contributed by atoms with Crippen LogP contribution in [0.15, 0.2) is 100 Å². The van der Waals surface area contributed by atoms with E-state index in [4.69, 9.17) is 4.42 Å². The summed E-state index contributed by atoms with van der Waals surface area (Å²) in [6, 6.07) is 30.3. The number of aromatic nitrogens is 1. The highest BCUT2D eigenvalue weighted by molar-refractivity contribution is 6.21. The van der Waals surface area contributed by atoms with Crippen LogP contribution in [0.3, 0.4) is 0 Å². The number of nitrogens with zero attached hydrogens (tertiary/aromatic N) is 1. The summed E-state index contributed by atoms with van der Waals surface area (Å²) in [6.07, 6.45) is 0. The third kappa shape index (κ3) is 1.96. The average Bonchev–Trinajstić information content (AvgIpc) is 3.09. The molecule has 4 aromatic carbocycles. The third-order valence-electron chi connectivity index (χ3n) is 5.44. The number of rotatable bonds is 1. The van der Waals surface area contributed by atoms with Crippen molar-refractivity contribution in [2.45, 2.75) is 0 Å². The quantitative estimate of drug-likeness (QED) is 0.264. The van der Waals surface area contributed by atoms with Crippen LogP contribution in [0.2, 0.25) is 0 Å². The van der Waals surface area contributed by atoms with Gasteiger partial charge < -0.3 is 8.98 Å². The maximum Gasteiger partial charge on any atom is 0.346 e. The molecule has 0 saturated heterocycles. The van der Waals surface area contributed by atoms with Crippen molar-refractivity contribution in [1.82, 2.24) is 4.57 Å². The molecule has 0 saturated carbocycles. The second-order valence-electron chi connectivity index (χ2n) is 6.96. The normalized spacial score (nSPS) is 11.7. The Morgan fingerprint density at radius 2 is 1.29 bits per heavy atom. The van der Waals surface area contributed by atoms with Crippen molar-refractivity contribution in [3.8, 4) is 5.69 Å². The number of hydrogen-bond donors (Lipinski definition) is 0. The standard InChI is InChI=1S/C25H15NO2/c27-25-23-19(18-11-5-7-13-22(18)28-25)14-15-20-17-10-4-6-12-21(17)26(24(20)23)16-8-2-1-3-9-16/h1-15H. The second-order valence-corrected chi connectivity index (χ2v) is 6.96. The molecule has 28 heavy (non-hydrogen) atoms. The Hall–Kier alpha value is -3.85. The van der Waals surface area contributed by atoms with Gasteiger partial charge in [0.15, 0.2) is 0 Å². The van der Waals surface area contributed by atoms with Gasteiger partial charge in [0.05, 0.1) is 16.4 Å². The monoisotopic (exact) mass is 361 g/mol. The van der Waals surface area contributed by atoms with Gasteiger partial charge in [-0.15, -0.1) is 0 Å². The summed E-state index contributed by atoms with van der Waals surface area (Å²) >= 11 is 0. The van der Waals surface area contributed by atoms with Crippen LogP contribution in [0.5, 0.6) is 0 Å². The fourth-order valence-electron chi connectivity index (χ4n) is 4.26. The van der Waals surface area contributed by atoms with Crippen LogP contribution in [0, 0.1) is 0 Å². The zero-order valence-electron chi connectivity index (χ0n) is 14.9. The Kier molecular flexibility index (Phi) is 3.03. The zero-order chi connectivity index (χ0) is 18.7. The van der Waals surface area contributed by atoms with E-state index >= 15 is 0 Å². The van der Waals surface area contributed by atoms with Crippen LogP contribution in [0.25, 0.3) is 49.2 Å². The maximum atomic E-state index is 13.1. The fourth-order valence-corrected chi connectivity index (χ4v) is 4.26. The van der Waals surface area contributed by atoms with E-state index in [1.807, 2.05) is 60.7 Å². The van der Waals surface area contributed by atoms with E-state index in [2.05, 4.69) is 34.9 Å². The molecule has 6 rings (SSSR count). The molecular weight excluding hydrogens is 346 g/mol. The largest absolute Gasteiger partial charge is 0.422 e. The van der Waals surface area contributed by atoms with Gasteiger partial charge in [-0.05, 0) is 24.3 Å². The molecule has 0 bridgehead atoms. The molecule has 0 aliphatic heterocycles. The highest BCUT2D eigenvalue weighted by Crippen LogP contribution is 2.37. The Bertz CT molecular complexity index is 1570. The molecule has 0 aliphatic carbocycles. The molecule has 0 amide bonds. The van der Waals surface area contributed by atoms with Crippen molar-refractivity contribution in [1.29, 1.82) is 0 Å². The Labute approximate surface area is 160 Å². The highest BCUT2D eigenvalue weighted by atomic mass is 16.4. The van der Waals surface area contributed by atoms with E-state index in [1.165, 1.54) is 0 Å². The molecule has 0 N–H and O–H groups in total. The lowest BCUT2D eigenvalue weighted by Gasteiger charge is -2.10. The predicted molar refractivity (Wildman–Crippen MR) is 114 cm³/mol. The Balaban J connectivity index is 1.96. The fraction of sp³-hybridized carbons (Fsp3) is 0. The zero-order valence-corrected chi connectivity index (χ0v) is 14.9. The first-order chi connectivity index (χ1) is 13.8. The number of benzene rings is 4. The molecule has 0 fully saturated rings. The number of para-hydroxylation sites is 3. The first-order valence-corrected chi connectivity index (χ1v) is 9.26. The molecule has 0 spiro atoms. The molecule has 2 aromatic heterocycles. The Morgan fingerprint density at radius 1 is 0.607 bits per heavy atom. The van der Waals surface area contributed by atoms with E-state index in [-0.39, 0.29) is 5.63 Å². The van der Waals surface area contributed by atoms with Gasteiger partial charge in [0.1, 0.15) is 5.58 Å². The van der Waals surface area contributed by atoms with Crippen molar-refractivity contribution >= 4 is 43.5 Å². The minimum atomic E-state index is -0.306. The van der Waals surface area contributed by atoms with Gasteiger partial charge in [0.25, 0.3) is 0 Å². The molecule has 132 valence electrons. The molecular formula is C25H15NO2. The van der Waals surface area contributed by atoms with Crippen LogP contribution in [-0.2, 0) is 0 Å². The molecule has 0 aliphatic rings. The lowest BCUT2D eigenvalue weighted by Crippen LogP contribution is -2.03. The van der Waals surface area contributed by atoms with Gasteiger partial charge in [0, 0.05) is 27.2 Å². The molecule has 0 atom stereocenters. The van der Waals surface area contributed by atoms with Gasteiger partial charge in [-0.1, -0.05) is 66.7 Å². The molecule has 3 heteroatoms. The van der Waals surface area contributed by atoms with Gasteiger partial charge in [-0.2, -0.15) is 0 Å². The summed E-state index contributed by atoms with van der Waals surface area (Å²) in [6.45, 7) is 0. The summed E-state index contributed by atoms with van der Waals surface area (Å²) in [5.74, 6) is 0. The van der Waals surface area contributed by atoms with Crippen LogP contribution in [0.4, 0.5) is 0 Å². The molecule has 2 heterocycles. The van der Waals surface area contributed by atoms with Crippen molar-refractivity contribution in [3.63, 3.8) is 0 Å².